The average molecular weight is 613 g/mol. The first-order valence-corrected chi connectivity index (χ1v) is 14.7. The Morgan fingerprint density at radius 3 is 2.32 bits per heavy atom. The lowest BCUT2D eigenvalue weighted by Gasteiger charge is -2.36. The molecule has 214 valence electrons. The van der Waals surface area contributed by atoms with Crippen LogP contribution in [0.5, 0.6) is 0 Å². The maximum atomic E-state index is 13.8. The molecule has 3 aromatic carbocycles. The van der Waals surface area contributed by atoms with E-state index < -0.39 is 6.04 Å². The monoisotopic (exact) mass is 611 g/mol. The van der Waals surface area contributed by atoms with Crippen molar-refractivity contribution in [2.45, 2.75) is 19.0 Å². The molecule has 0 saturated carbocycles. The van der Waals surface area contributed by atoms with E-state index in [2.05, 4.69) is 32.2 Å². The van der Waals surface area contributed by atoms with Crippen LogP contribution in [0.1, 0.15) is 11.1 Å². The van der Waals surface area contributed by atoms with Crippen molar-refractivity contribution in [1.82, 2.24) is 20.1 Å². The van der Waals surface area contributed by atoms with E-state index in [0.717, 1.165) is 48.2 Å². The van der Waals surface area contributed by atoms with Crippen LogP contribution in [0.4, 0.5) is 5.69 Å². The van der Waals surface area contributed by atoms with Gasteiger partial charge in [0.2, 0.25) is 11.8 Å². The molecule has 0 aliphatic carbocycles. The van der Waals surface area contributed by atoms with Crippen molar-refractivity contribution < 1.29 is 9.59 Å². The van der Waals surface area contributed by atoms with E-state index in [4.69, 9.17) is 34.8 Å². The Hall–Kier alpha value is -3.23. The Morgan fingerprint density at radius 2 is 1.61 bits per heavy atom. The Balaban J connectivity index is 1.27. The second-order valence-corrected chi connectivity index (χ2v) is 11.5. The second-order valence-electron chi connectivity index (χ2n) is 10.4. The number of hydrogen-bond donors (Lipinski definition) is 2. The number of amides is 2. The van der Waals surface area contributed by atoms with Crippen LogP contribution >= 0.6 is 34.8 Å². The molecular weight excluding hydrogens is 581 g/mol. The van der Waals surface area contributed by atoms with Gasteiger partial charge in [-0.05, 0) is 41.5 Å². The Labute approximate surface area is 255 Å². The number of nitrogens with one attached hydrogen (secondary N) is 2. The van der Waals surface area contributed by atoms with E-state index in [1.807, 2.05) is 48.7 Å². The first-order chi connectivity index (χ1) is 19.8. The number of hydrogen-bond acceptors (Lipinski definition) is 4. The zero-order valence-corrected chi connectivity index (χ0v) is 25.0. The number of likely N-dealkylation sites (N-methyl/N-ethyl adjacent to an activating group) is 1. The lowest BCUT2D eigenvalue weighted by atomic mass is 10.0. The number of aromatic amines is 1. The van der Waals surface area contributed by atoms with Gasteiger partial charge in [-0.15, -0.1) is 0 Å². The van der Waals surface area contributed by atoms with Crippen LogP contribution in [0, 0.1) is 0 Å². The first-order valence-electron chi connectivity index (χ1n) is 13.5. The molecule has 10 heteroatoms. The summed E-state index contributed by atoms with van der Waals surface area (Å²) in [6.45, 7) is 3.69. The van der Waals surface area contributed by atoms with Gasteiger partial charge in [-0.25, -0.2) is 0 Å². The van der Waals surface area contributed by atoms with Gasteiger partial charge in [-0.1, -0.05) is 71.2 Å². The number of benzene rings is 3. The molecule has 2 N–H and O–H groups in total. The molecule has 1 aromatic heterocycles. The second kappa shape index (κ2) is 13.2. The molecule has 0 bridgehead atoms. The Bertz CT molecular complexity index is 1500. The highest BCUT2D eigenvalue weighted by molar-refractivity contribution is 6.48. The number of anilines is 1. The lowest BCUT2D eigenvalue weighted by Crippen LogP contribution is -2.53. The Kier molecular flexibility index (Phi) is 9.40. The third-order valence-corrected chi connectivity index (χ3v) is 8.63. The molecule has 1 unspecified atom stereocenters. The van der Waals surface area contributed by atoms with Crippen LogP contribution in [-0.4, -0.2) is 72.4 Å². The molecule has 1 saturated heterocycles. The summed E-state index contributed by atoms with van der Waals surface area (Å²) in [4.78, 5) is 36.3. The highest BCUT2D eigenvalue weighted by Gasteiger charge is 2.27. The summed E-state index contributed by atoms with van der Waals surface area (Å²) < 4.78 is 0. The topological polar surface area (TPSA) is 71.7 Å². The maximum absolute atomic E-state index is 13.8. The molecule has 1 aliphatic heterocycles. The zero-order chi connectivity index (χ0) is 28.9. The number of aromatic nitrogens is 1. The number of H-pyrrole nitrogens is 1. The first kappa shape index (κ1) is 29.3. The molecule has 1 fully saturated rings. The number of nitrogens with zero attached hydrogens (tertiary/aromatic N) is 3. The molecule has 0 spiro atoms. The van der Waals surface area contributed by atoms with E-state index in [-0.39, 0.29) is 29.9 Å². The van der Waals surface area contributed by atoms with E-state index >= 15 is 0 Å². The van der Waals surface area contributed by atoms with E-state index in [1.54, 1.807) is 24.1 Å². The summed E-state index contributed by atoms with van der Waals surface area (Å²) in [6.07, 6.45) is 2.25. The minimum absolute atomic E-state index is 0.178. The number of rotatable bonds is 9. The van der Waals surface area contributed by atoms with Gasteiger partial charge in [0.1, 0.15) is 6.04 Å². The van der Waals surface area contributed by atoms with Crippen molar-refractivity contribution in [2.24, 2.45) is 0 Å². The molecule has 2 amide bonds. The van der Waals surface area contributed by atoms with Gasteiger partial charge >= 0.3 is 0 Å². The van der Waals surface area contributed by atoms with Crippen LogP contribution in [-0.2, 0) is 22.6 Å². The molecule has 41 heavy (non-hydrogen) atoms. The van der Waals surface area contributed by atoms with Gasteiger partial charge in [0.15, 0.2) is 0 Å². The number of halogens is 3. The maximum Gasteiger partial charge on any atom is 0.245 e. The fraction of sp³-hybridized carbons (Fsp3) is 0.290. The van der Waals surface area contributed by atoms with Crippen LogP contribution in [0.25, 0.3) is 10.9 Å². The highest BCUT2D eigenvalue weighted by Crippen LogP contribution is 2.31. The van der Waals surface area contributed by atoms with Gasteiger partial charge < -0.3 is 20.1 Å². The summed E-state index contributed by atoms with van der Waals surface area (Å²) in [5.41, 5.74) is 3.87. The highest BCUT2D eigenvalue weighted by atomic mass is 35.5. The standard InChI is InChI=1S/C31H32Cl3N5O2/c1-37(19-21-15-25(32)30(34)26(33)16-21)31(41)28(17-22-18-35-27-10-6-5-9-24(22)27)36-29(40)20-38-11-13-39(14-12-38)23-7-3-2-4-8-23/h2-10,15-16,18,28,35H,11-14,17,19-20H2,1H3,(H,36,40). The summed E-state index contributed by atoms with van der Waals surface area (Å²) in [7, 11) is 1.70. The van der Waals surface area contributed by atoms with Crippen molar-refractivity contribution in [3.05, 3.63) is 99.1 Å². The van der Waals surface area contributed by atoms with Crippen molar-refractivity contribution >= 4 is 63.2 Å². The molecule has 5 rings (SSSR count). The van der Waals surface area contributed by atoms with Gasteiger partial charge in [0, 0.05) is 69.0 Å². The van der Waals surface area contributed by atoms with Crippen LogP contribution < -0.4 is 10.2 Å². The number of carbonyl (C=O) groups is 2. The predicted molar refractivity (Wildman–Crippen MR) is 167 cm³/mol. The summed E-state index contributed by atoms with van der Waals surface area (Å²) in [5, 5.41) is 4.99. The molecular formula is C31H32Cl3N5O2. The molecule has 1 aliphatic rings. The summed E-state index contributed by atoms with van der Waals surface area (Å²) >= 11 is 18.5. The van der Waals surface area contributed by atoms with Crippen LogP contribution in [0.15, 0.2) is 72.9 Å². The number of piperazine rings is 1. The summed E-state index contributed by atoms with van der Waals surface area (Å²) in [6, 6.07) is 20.8. The van der Waals surface area contributed by atoms with E-state index in [1.165, 1.54) is 5.69 Å². The predicted octanol–water partition coefficient (Wildman–Crippen LogP) is 5.64. The van der Waals surface area contributed by atoms with Gasteiger partial charge in [-0.3, -0.25) is 14.5 Å². The third-order valence-electron chi connectivity index (χ3n) is 7.43. The molecule has 2 heterocycles. The SMILES string of the molecule is CN(Cc1cc(Cl)c(Cl)c(Cl)c1)C(=O)C(Cc1c[nH]c2ccccc12)NC(=O)CN1CCN(c2ccccc2)CC1. The van der Waals surface area contributed by atoms with Crippen molar-refractivity contribution in [3.8, 4) is 0 Å². The molecule has 4 aromatic rings. The van der Waals surface area contributed by atoms with Crippen molar-refractivity contribution in [3.63, 3.8) is 0 Å². The van der Waals surface area contributed by atoms with Crippen molar-refractivity contribution in [2.75, 3.05) is 44.7 Å². The van der Waals surface area contributed by atoms with E-state index in [0.29, 0.717) is 16.5 Å². The van der Waals surface area contributed by atoms with Crippen LogP contribution in [0.3, 0.4) is 0 Å². The Morgan fingerprint density at radius 1 is 0.951 bits per heavy atom. The number of fused-ring (bicyclic) bond motifs is 1. The normalized spacial score (nSPS) is 14.7. The third kappa shape index (κ3) is 7.16. The lowest BCUT2D eigenvalue weighted by molar-refractivity contribution is -0.136. The number of para-hydroxylation sites is 2. The fourth-order valence-electron chi connectivity index (χ4n) is 5.28. The minimum atomic E-state index is -0.754. The minimum Gasteiger partial charge on any atom is -0.369 e. The van der Waals surface area contributed by atoms with E-state index in [9.17, 15) is 9.59 Å². The van der Waals surface area contributed by atoms with Crippen molar-refractivity contribution in [1.29, 1.82) is 0 Å². The molecule has 0 radical (unpaired) electrons. The largest absolute Gasteiger partial charge is 0.369 e. The smallest absolute Gasteiger partial charge is 0.245 e. The zero-order valence-electron chi connectivity index (χ0n) is 22.7. The van der Waals surface area contributed by atoms with Gasteiger partial charge in [-0.2, -0.15) is 0 Å². The molecule has 1 atom stereocenters. The summed E-state index contributed by atoms with van der Waals surface area (Å²) in [5.74, 6) is -0.387. The quantitative estimate of drug-likeness (QED) is 0.240. The molecule has 7 nitrogen and oxygen atoms in total. The van der Waals surface area contributed by atoms with Crippen LogP contribution in [0.2, 0.25) is 15.1 Å². The number of carbonyl (C=O) groups excluding carboxylic acids is 2. The average Bonchev–Trinajstić information content (AvgIpc) is 3.38. The van der Waals surface area contributed by atoms with Gasteiger partial charge in [0.05, 0.1) is 21.6 Å². The van der Waals surface area contributed by atoms with Gasteiger partial charge in [0.25, 0.3) is 0 Å². The fourth-order valence-corrected chi connectivity index (χ4v) is 5.93.